The Kier molecular flexibility index (Phi) is 9.57. The number of para-hydroxylation sites is 1. The number of hydrogen-bond donors (Lipinski definition) is 3. The maximum absolute atomic E-state index is 15.9. The molecule has 0 radical (unpaired) electrons. The van der Waals surface area contributed by atoms with E-state index >= 15 is 4.39 Å². The summed E-state index contributed by atoms with van der Waals surface area (Å²) in [5.74, 6) is -0.928. The van der Waals surface area contributed by atoms with Crippen LogP contribution < -0.4 is 15.8 Å². The lowest BCUT2D eigenvalue weighted by molar-refractivity contribution is -0.192. The van der Waals surface area contributed by atoms with E-state index in [-0.39, 0.29) is 0 Å². The zero-order valence-electron chi connectivity index (χ0n) is 25.5. The van der Waals surface area contributed by atoms with Crippen LogP contribution >= 0.6 is 0 Å². The molecule has 47 heavy (non-hydrogen) atoms. The van der Waals surface area contributed by atoms with Crippen molar-refractivity contribution in [3.63, 3.8) is 0 Å². The van der Waals surface area contributed by atoms with E-state index in [4.69, 9.17) is 25.5 Å². The highest BCUT2D eigenvalue weighted by atomic mass is 19.4. The number of benzene rings is 2. The largest absolute Gasteiger partial charge is 0.490 e. The molecular formula is C32H36F4N8O3. The van der Waals surface area contributed by atoms with Crippen molar-refractivity contribution in [3.05, 3.63) is 60.9 Å². The smallest absolute Gasteiger partial charge is 0.475 e. The number of nitrogens with zero attached hydrogens (tertiary/aromatic N) is 6. The van der Waals surface area contributed by atoms with Crippen molar-refractivity contribution in [1.82, 2.24) is 34.9 Å². The third-order valence-corrected chi connectivity index (χ3v) is 9.01. The first-order valence-electron chi connectivity index (χ1n) is 15.5. The zero-order chi connectivity index (χ0) is 33.1. The molecule has 3 saturated heterocycles. The summed E-state index contributed by atoms with van der Waals surface area (Å²) in [7, 11) is 0. The molecule has 4 aromatic rings. The Morgan fingerprint density at radius 1 is 0.915 bits per heavy atom. The SMILES string of the molecule is Nc1ncnc2c1c(-c1ccc(Oc3ccccc3)cc1)nn2C1CCN(C2CCN(C3CNC3)CC2)CC1F.O=C(O)C(F)(F)F. The number of carboxylic acid groups (broad SMARTS) is 1. The Morgan fingerprint density at radius 3 is 2.15 bits per heavy atom. The molecule has 15 heteroatoms. The van der Waals surface area contributed by atoms with Gasteiger partial charge in [-0.25, -0.2) is 23.8 Å². The second kappa shape index (κ2) is 13.8. The third kappa shape index (κ3) is 7.31. The van der Waals surface area contributed by atoms with Crippen molar-refractivity contribution < 1.29 is 32.2 Å². The molecule has 4 N–H and O–H groups in total. The topological polar surface area (TPSA) is 135 Å². The van der Waals surface area contributed by atoms with E-state index in [0.29, 0.717) is 53.3 Å². The fourth-order valence-corrected chi connectivity index (χ4v) is 6.41. The quantitative estimate of drug-likeness (QED) is 0.254. The number of aromatic nitrogens is 4. The van der Waals surface area contributed by atoms with E-state index < -0.39 is 24.4 Å². The second-order valence-electron chi connectivity index (χ2n) is 11.9. The number of hydrogen-bond acceptors (Lipinski definition) is 9. The standard InChI is InChI=1S/C30H35FN8O.C2HF3O2/c31-25-18-38(21-10-13-37(14-11-21)22-16-33-17-22)15-12-26(25)39-30-27(29(32)34-19-35-30)28(36-39)20-6-8-24(9-7-20)40-23-4-2-1-3-5-23;3-2(4,5)1(6)7/h1-9,19,21-22,25-26,33H,10-18H2,(H2,32,34,35);(H,6,7). The lowest BCUT2D eigenvalue weighted by Crippen LogP contribution is -2.60. The van der Waals surface area contributed by atoms with Gasteiger partial charge in [-0.2, -0.15) is 18.3 Å². The number of carboxylic acids is 1. The number of carbonyl (C=O) groups is 1. The lowest BCUT2D eigenvalue weighted by Gasteiger charge is -2.46. The van der Waals surface area contributed by atoms with Gasteiger partial charge in [-0.3, -0.25) is 9.80 Å². The normalized spacial score (nSPS) is 21.5. The average Bonchev–Trinajstić information content (AvgIpc) is 3.42. The minimum absolute atomic E-state index is 0.345. The monoisotopic (exact) mass is 656 g/mol. The Bertz CT molecular complexity index is 1660. The minimum Gasteiger partial charge on any atom is -0.475 e. The summed E-state index contributed by atoms with van der Waals surface area (Å²) < 4.78 is 55.3. The molecule has 3 aliphatic heterocycles. The van der Waals surface area contributed by atoms with E-state index in [1.165, 1.54) is 6.33 Å². The van der Waals surface area contributed by atoms with Crippen molar-refractivity contribution in [3.8, 4) is 22.8 Å². The highest BCUT2D eigenvalue weighted by Crippen LogP contribution is 2.37. The van der Waals surface area contributed by atoms with Gasteiger partial charge in [-0.05, 0) is 55.7 Å². The molecule has 11 nitrogen and oxygen atoms in total. The van der Waals surface area contributed by atoms with E-state index in [1.807, 2.05) is 54.6 Å². The third-order valence-electron chi connectivity index (χ3n) is 9.01. The Hall–Kier alpha value is -4.34. The van der Waals surface area contributed by atoms with Crippen LogP contribution in [-0.4, -0.2) is 104 Å². The van der Waals surface area contributed by atoms with Gasteiger partial charge in [0.25, 0.3) is 0 Å². The summed E-state index contributed by atoms with van der Waals surface area (Å²) >= 11 is 0. The fourth-order valence-electron chi connectivity index (χ4n) is 6.41. The van der Waals surface area contributed by atoms with E-state index in [1.54, 1.807) is 4.68 Å². The minimum atomic E-state index is -5.08. The molecule has 250 valence electrons. The van der Waals surface area contributed by atoms with Crippen molar-refractivity contribution in [1.29, 1.82) is 0 Å². The molecule has 5 heterocycles. The number of piperidine rings is 2. The number of anilines is 1. The second-order valence-corrected chi connectivity index (χ2v) is 11.9. The van der Waals surface area contributed by atoms with Crippen LogP contribution in [0.4, 0.5) is 23.4 Å². The zero-order valence-corrected chi connectivity index (χ0v) is 25.5. The van der Waals surface area contributed by atoms with Gasteiger partial charge in [-0.1, -0.05) is 18.2 Å². The predicted octanol–water partition coefficient (Wildman–Crippen LogP) is 4.52. The number of likely N-dealkylation sites (tertiary alicyclic amines) is 2. The van der Waals surface area contributed by atoms with Crippen molar-refractivity contribution in [2.24, 2.45) is 0 Å². The Morgan fingerprint density at radius 2 is 1.55 bits per heavy atom. The van der Waals surface area contributed by atoms with E-state index in [9.17, 15) is 13.2 Å². The van der Waals surface area contributed by atoms with Crippen LogP contribution in [0.5, 0.6) is 11.5 Å². The summed E-state index contributed by atoms with van der Waals surface area (Å²) in [5.41, 5.74) is 8.42. The van der Waals surface area contributed by atoms with Gasteiger partial charge in [0.1, 0.15) is 35.5 Å². The van der Waals surface area contributed by atoms with Crippen LogP contribution in [0.1, 0.15) is 25.3 Å². The predicted molar refractivity (Wildman–Crippen MR) is 167 cm³/mol. The highest BCUT2D eigenvalue weighted by Gasteiger charge is 2.39. The van der Waals surface area contributed by atoms with Crippen molar-refractivity contribution >= 4 is 22.8 Å². The number of alkyl halides is 4. The average molecular weight is 657 g/mol. The molecule has 3 fully saturated rings. The van der Waals surface area contributed by atoms with Crippen molar-refractivity contribution in [2.45, 2.75) is 49.7 Å². The molecule has 3 aliphatic rings. The number of halogens is 4. The molecule has 2 atom stereocenters. The van der Waals surface area contributed by atoms with Crippen LogP contribution in [0.15, 0.2) is 60.9 Å². The molecule has 2 aromatic heterocycles. The summed E-state index contributed by atoms with van der Waals surface area (Å²) in [6.07, 6.45) is -1.80. The van der Waals surface area contributed by atoms with Crippen LogP contribution in [0, 0.1) is 0 Å². The maximum atomic E-state index is 15.9. The summed E-state index contributed by atoms with van der Waals surface area (Å²) in [6.45, 7) is 5.68. The van der Waals surface area contributed by atoms with E-state index in [0.717, 1.165) is 56.9 Å². The fraction of sp³-hybridized carbons (Fsp3) is 0.438. The molecule has 7 rings (SSSR count). The number of nitrogens with one attached hydrogen (secondary N) is 1. The number of rotatable bonds is 6. The van der Waals surface area contributed by atoms with E-state index in [2.05, 4.69) is 25.1 Å². The van der Waals surface area contributed by atoms with Crippen LogP contribution in [0.3, 0.4) is 0 Å². The van der Waals surface area contributed by atoms with Crippen LogP contribution in [0.25, 0.3) is 22.3 Å². The molecule has 2 unspecified atom stereocenters. The summed E-state index contributed by atoms with van der Waals surface area (Å²) in [5, 5.41) is 16.1. The molecule has 0 saturated carbocycles. The molecule has 0 bridgehead atoms. The maximum Gasteiger partial charge on any atom is 0.490 e. The first-order valence-corrected chi connectivity index (χ1v) is 15.5. The van der Waals surface area contributed by atoms with Crippen LogP contribution in [0.2, 0.25) is 0 Å². The van der Waals surface area contributed by atoms with Gasteiger partial charge in [-0.15, -0.1) is 0 Å². The van der Waals surface area contributed by atoms with Crippen LogP contribution in [-0.2, 0) is 4.79 Å². The van der Waals surface area contributed by atoms with Gasteiger partial charge in [0.05, 0.1) is 11.4 Å². The summed E-state index contributed by atoms with van der Waals surface area (Å²) in [4.78, 5) is 22.6. The first-order chi connectivity index (χ1) is 22.6. The number of aliphatic carboxylic acids is 1. The van der Waals surface area contributed by atoms with Gasteiger partial charge in [0, 0.05) is 56.9 Å². The number of ether oxygens (including phenoxy) is 1. The molecule has 2 aromatic carbocycles. The van der Waals surface area contributed by atoms with Gasteiger partial charge >= 0.3 is 12.1 Å². The Balaban J connectivity index is 0.000000499. The number of fused-ring (bicyclic) bond motifs is 1. The lowest BCUT2D eigenvalue weighted by atomic mass is 9.95. The summed E-state index contributed by atoms with van der Waals surface area (Å²) in [6, 6.07) is 18.1. The van der Waals surface area contributed by atoms with Crippen molar-refractivity contribution in [2.75, 3.05) is 45.0 Å². The molecule has 0 spiro atoms. The molecule has 0 aliphatic carbocycles. The highest BCUT2D eigenvalue weighted by molar-refractivity contribution is 5.98. The number of nitrogen functional groups attached to an aromatic ring is 1. The van der Waals surface area contributed by atoms with Gasteiger partial charge in [0.2, 0.25) is 0 Å². The molecule has 0 amide bonds. The molecular weight excluding hydrogens is 620 g/mol. The van der Waals surface area contributed by atoms with Gasteiger partial charge in [0.15, 0.2) is 5.65 Å². The van der Waals surface area contributed by atoms with Gasteiger partial charge < -0.3 is 20.9 Å². The first kappa shape index (κ1) is 32.6. The number of nitrogens with two attached hydrogens (primary N) is 1. The Labute approximate surface area is 268 Å².